The lowest BCUT2D eigenvalue weighted by molar-refractivity contribution is -0.143. The van der Waals surface area contributed by atoms with Crippen molar-refractivity contribution in [2.45, 2.75) is 64.5 Å². The Balaban J connectivity index is 1.89. The smallest absolute Gasteiger partial charge is 0.323 e. The molecule has 3 N–H and O–H groups in total. The number of carboxylic acids is 1. The quantitative estimate of drug-likeness (QED) is 0.714. The first kappa shape index (κ1) is 18.5. The summed E-state index contributed by atoms with van der Waals surface area (Å²) < 4.78 is 0. The summed E-state index contributed by atoms with van der Waals surface area (Å²) in [6.45, 7) is 5.57. The zero-order valence-corrected chi connectivity index (χ0v) is 14.6. The number of hydrogen-bond donors (Lipinski definition) is 3. The van der Waals surface area contributed by atoms with Crippen LogP contribution in [0.4, 0.5) is 0 Å². The average molecular weight is 333 g/mol. The minimum absolute atomic E-state index is 0.0544. The number of carboxylic acid groups (broad SMARTS) is 1. The zero-order valence-electron chi connectivity index (χ0n) is 14.6. The molecule has 1 unspecified atom stereocenters. The molecular weight excluding hydrogens is 306 g/mol. The van der Waals surface area contributed by atoms with E-state index in [1.54, 1.807) is 19.1 Å². The Kier molecular flexibility index (Phi) is 5.33. The number of carbonyl (C=O) groups is 2. The highest BCUT2D eigenvalue weighted by Crippen LogP contribution is 2.33. The van der Waals surface area contributed by atoms with Crippen molar-refractivity contribution >= 4 is 11.8 Å². The summed E-state index contributed by atoms with van der Waals surface area (Å²) in [5.74, 6) is -0.429. The van der Waals surface area contributed by atoms with Gasteiger partial charge in [-0.15, -0.1) is 0 Å². The maximum absolute atomic E-state index is 12.6. The lowest BCUT2D eigenvalue weighted by Crippen LogP contribution is -2.48. The van der Waals surface area contributed by atoms with Crippen LogP contribution in [0.25, 0.3) is 0 Å². The second-order valence-electron chi connectivity index (χ2n) is 7.69. The number of rotatable bonds is 7. The highest BCUT2D eigenvalue weighted by Gasteiger charge is 2.43. The molecule has 1 aliphatic heterocycles. The van der Waals surface area contributed by atoms with Gasteiger partial charge in [0.1, 0.15) is 17.1 Å². The van der Waals surface area contributed by atoms with Gasteiger partial charge < -0.3 is 10.2 Å². The minimum Gasteiger partial charge on any atom is -0.508 e. The molecule has 2 atom stereocenters. The van der Waals surface area contributed by atoms with Gasteiger partial charge in [0.25, 0.3) is 0 Å². The Hall–Kier alpha value is -1.88. The monoisotopic (exact) mass is 333 g/mol. The third kappa shape index (κ3) is 4.35. The van der Waals surface area contributed by atoms with E-state index in [2.05, 4.69) is 5.32 Å². The number of aromatic hydroxyl groups is 1. The summed E-state index contributed by atoms with van der Waals surface area (Å²) in [5.41, 5.74) is -0.344. The summed E-state index contributed by atoms with van der Waals surface area (Å²) in [6, 6.07) is 6.96. The van der Waals surface area contributed by atoms with Gasteiger partial charge in [0.2, 0.25) is 0 Å². The number of carbonyl (C=O) groups excluding carboxylic acids is 1. The van der Waals surface area contributed by atoms with Crippen LogP contribution in [0.5, 0.6) is 5.75 Å². The van der Waals surface area contributed by atoms with Gasteiger partial charge >= 0.3 is 5.97 Å². The fraction of sp³-hybridized carbons (Fsp3) is 0.579. The Morgan fingerprint density at radius 2 is 1.92 bits per heavy atom. The molecule has 0 spiro atoms. The van der Waals surface area contributed by atoms with Crippen molar-refractivity contribution in [2.75, 3.05) is 0 Å². The molecule has 5 nitrogen and oxygen atoms in total. The van der Waals surface area contributed by atoms with Crippen LogP contribution in [-0.4, -0.2) is 33.5 Å². The molecule has 0 aliphatic carbocycles. The predicted octanol–water partition coefficient (Wildman–Crippen LogP) is 2.91. The summed E-state index contributed by atoms with van der Waals surface area (Å²) >= 11 is 0. The van der Waals surface area contributed by atoms with Gasteiger partial charge in [-0.2, -0.15) is 0 Å². The van der Waals surface area contributed by atoms with E-state index < -0.39 is 16.9 Å². The third-order valence-corrected chi connectivity index (χ3v) is 5.08. The molecule has 1 fully saturated rings. The number of nitrogens with one attached hydrogen (secondary N) is 1. The molecular formula is C19H27NO4. The standard InChI is InChI=1S/C19H27NO4/c1-18(2,12-14-10-11-19(3,20-14)17(23)24)16(22)9-6-13-4-7-15(21)8-5-13/h4-5,7-8,14,20-21H,6,9-12H2,1-3H3,(H,23,24)/t14?,19-/m0/s1. The van der Waals surface area contributed by atoms with Crippen LogP contribution in [0.15, 0.2) is 24.3 Å². The second kappa shape index (κ2) is 6.93. The van der Waals surface area contributed by atoms with E-state index in [9.17, 15) is 19.8 Å². The van der Waals surface area contributed by atoms with Crippen LogP contribution in [0.1, 0.15) is 52.0 Å². The van der Waals surface area contributed by atoms with Gasteiger partial charge in [-0.05, 0) is 50.3 Å². The Morgan fingerprint density at radius 3 is 2.46 bits per heavy atom. The van der Waals surface area contributed by atoms with Crippen molar-refractivity contribution < 1.29 is 19.8 Å². The lowest BCUT2D eigenvalue weighted by atomic mass is 9.79. The SMILES string of the molecule is CC(C)(CC1CC[C@@](C)(C(=O)O)N1)C(=O)CCc1ccc(O)cc1. The molecule has 0 amide bonds. The highest BCUT2D eigenvalue weighted by molar-refractivity contribution is 5.84. The van der Waals surface area contributed by atoms with Gasteiger partial charge in [-0.1, -0.05) is 26.0 Å². The van der Waals surface area contributed by atoms with Crippen molar-refractivity contribution in [1.29, 1.82) is 0 Å². The molecule has 1 aromatic carbocycles. The average Bonchev–Trinajstić information content (AvgIpc) is 2.88. The number of phenols is 1. The molecule has 0 saturated carbocycles. The predicted molar refractivity (Wildman–Crippen MR) is 92.0 cm³/mol. The summed E-state index contributed by atoms with van der Waals surface area (Å²) in [4.78, 5) is 23.9. The molecule has 0 bridgehead atoms. The fourth-order valence-electron chi connectivity index (χ4n) is 3.37. The van der Waals surface area contributed by atoms with Crippen molar-refractivity contribution in [3.63, 3.8) is 0 Å². The fourth-order valence-corrected chi connectivity index (χ4v) is 3.37. The summed E-state index contributed by atoms with van der Waals surface area (Å²) in [7, 11) is 0. The molecule has 5 heteroatoms. The van der Waals surface area contributed by atoms with Crippen molar-refractivity contribution in [2.24, 2.45) is 5.41 Å². The van der Waals surface area contributed by atoms with Crippen molar-refractivity contribution in [3.8, 4) is 5.75 Å². The van der Waals surface area contributed by atoms with Crippen molar-refractivity contribution in [3.05, 3.63) is 29.8 Å². The van der Waals surface area contributed by atoms with E-state index in [4.69, 9.17) is 0 Å². The third-order valence-electron chi connectivity index (χ3n) is 5.08. The maximum atomic E-state index is 12.6. The molecule has 0 aromatic heterocycles. The van der Waals surface area contributed by atoms with Crippen LogP contribution < -0.4 is 5.32 Å². The first-order valence-electron chi connectivity index (χ1n) is 8.45. The summed E-state index contributed by atoms with van der Waals surface area (Å²) in [5, 5.41) is 21.7. The molecule has 0 radical (unpaired) electrons. The van der Waals surface area contributed by atoms with Gasteiger partial charge in [0.15, 0.2) is 0 Å². The van der Waals surface area contributed by atoms with E-state index in [1.807, 2.05) is 26.0 Å². The normalized spacial score (nSPS) is 24.0. The van der Waals surface area contributed by atoms with Crippen LogP contribution >= 0.6 is 0 Å². The number of ketones is 1. The highest BCUT2D eigenvalue weighted by atomic mass is 16.4. The Morgan fingerprint density at radius 1 is 1.29 bits per heavy atom. The Labute approximate surface area is 143 Å². The lowest BCUT2D eigenvalue weighted by Gasteiger charge is -2.28. The summed E-state index contributed by atoms with van der Waals surface area (Å²) in [6.07, 6.45) is 3.10. The van der Waals surface area contributed by atoms with Crippen LogP contribution in [0.2, 0.25) is 0 Å². The number of aryl methyl sites for hydroxylation is 1. The number of phenolic OH excluding ortho intramolecular Hbond substituents is 1. The number of aliphatic carboxylic acids is 1. The second-order valence-corrected chi connectivity index (χ2v) is 7.69. The molecule has 1 saturated heterocycles. The van der Waals surface area contributed by atoms with Crippen molar-refractivity contribution in [1.82, 2.24) is 5.32 Å². The van der Waals surface area contributed by atoms with Gasteiger partial charge in [-0.25, -0.2) is 0 Å². The van der Waals surface area contributed by atoms with E-state index in [0.29, 0.717) is 25.7 Å². The molecule has 132 valence electrons. The van der Waals surface area contributed by atoms with Gasteiger partial charge in [-0.3, -0.25) is 14.9 Å². The number of hydrogen-bond acceptors (Lipinski definition) is 4. The van der Waals surface area contributed by atoms with Gasteiger partial charge in [0, 0.05) is 17.9 Å². The molecule has 1 heterocycles. The van der Waals surface area contributed by atoms with Crippen LogP contribution in [0, 0.1) is 5.41 Å². The van der Waals surface area contributed by atoms with E-state index >= 15 is 0 Å². The Bertz CT molecular complexity index is 608. The first-order valence-corrected chi connectivity index (χ1v) is 8.45. The van der Waals surface area contributed by atoms with Gasteiger partial charge in [0.05, 0.1) is 0 Å². The maximum Gasteiger partial charge on any atom is 0.323 e. The topological polar surface area (TPSA) is 86.6 Å². The first-order chi connectivity index (χ1) is 11.1. The number of Topliss-reactive ketones (excluding diaryl/α,β-unsaturated/α-hetero) is 1. The van der Waals surface area contributed by atoms with Crippen LogP contribution in [0.3, 0.4) is 0 Å². The molecule has 1 aromatic rings. The largest absolute Gasteiger partial charge is 0.508 e. The zero-order chi connectivity index (χ0) is 18.0. The van der Waals surface area contributed by atoms with Crippen LogP contribution in [-0.2, 0) is 16.0 Å². The van der Waals surface area contributed by atoms with E-state index in [0.717, 1.165) is 12.0 Å². The molecule has 2 rings (SSSR count). The molecule has 24 heavy (non-hydrogen) atoms. The minimum atomic E-state index is -0.879. The molecule has 1 aliphatic rings. The van der Waals surface area contributed by atoms with E-state index in [1.165, 1.54) is 0 Å². The van der Waals surface area contributed by atoms with E-state index in [-0.39, 0.29) is 17.6 Å². The number of benzene rings is 1.